The van der Waals surface area contributed by atoms with E-state index in [1.54, 1.807) is 6.20 Å². The Hall–Kier alpha value is -1.45. The van der Waals surface area contributed by atoms with Crippen LogP contribution in [-0.4, -0.2) is 22.4 Å². The molecule has 1 aromatic heterocycles. The van der Waals surface area contributed by atoms with Gasteiger partial charge in [0.15, 0.2) is 0 Å². The summed E-state index contributed by atoms with van der Waals surface area (Å²) in [6.45, 7) is 2.88. The topological polar surface area (TPSA) is 54.9 Å². The van der Waals surface area contributed by atoms with Gasteiger partial charge in [-0.3, -0.25) is 9.78 Å². The summed E-state index contributed by atoms with van der Waals surface area (Å²) in [7, 11) is 0. The van der Waals surface area contributed by atoms with E-state index in [-0.39, 0.29) is 5.91 Å². The number of hydrogen-bond donors (Lipinski definition) is 1. The Labute approximate surface area is 90.1 Å². The number of amides is 1. The fraction of sp³-hybridized carbons (Fsp3) is 0.545. The van der Waals surface area contributed by atoms with Gasteiger partial charge in [0.2, 0.25) is 0 Å². The van der Waals surface area contributed by atoms with Crippen molar-refractivity contribution in [3.8, 4) is 0 Å². The summed E-state index contributed by atoms with van der Waals surface area (Å²) in [5, 5.41) is 2.82. The number of unbranched alkanes of at least 4 members (excludes halogenated alkanes) is 3. The van der Waals surface area contributed by atoms with Gasteiger partial charge in [0.25, 0.3) is 5.91 Å². The number of hydrogen-bond acceptors (Lipinski definition) is 3. The normalized spacial score (nSPS) is 9.93. The van der Waals surface area contributed by atoms with Gasteiger partial charge in [-0.1, -0.05) is 26.2 Å². The van der Waals surface area contributed by atoms with Crippen molar-refractivity contribution >= 4 is 5.91 Å². The Morgan fingerprint density at radius 1 is 1.33 bits per heavy atom. The third-order valence-corrected chi connectivity index (χ3v) is 2.11. The monoisotopic (exact) mass is 207 g/mol. The first-order valence-electron chi connectivity index (χ1n) is 5.38. The van der Waals surface area contributed by atoms with E-state index in [0.717, 1.165) is 19.4 Å². The minimum absolute atomic E-state index is 0.139. The van der Waals surface area contributed by atoms with Crippen molar-refractivity contribution < 1.29 is 4.79 Å². The fourth-order valence-electron chi connectivity index (χ4n) is 1.26. The number of rotatable bonds is 6. The van der Waals surface area contributed by atoms with Crippen molar-refractivity contribution in [1.29, 1.82) is 0 Å². The third-order valence-electron chi connectivity index (χ3n) is 2.11. The molecule has 0 aliphatic carbocycles. The van der Waals surface area contributed by atoms with E-state index in [4.69, 9.17) is 0 Å². The zero-order chi connectivity index (χ0) is 10.9. The number of carbonyl (C=O) groups is 1. The Bertz CT molecular complexity index is 287. The molecule has 0 aliphatic rings. The van der Waals surface area contributed by atoms with Gasteiger partial charge < -0.3 is 5.32 Å². The molecule has 0 fully saturated rings. The van der Waals surface area contributed by atoms with Crippen LogP contribution in [0.1, 0.15) is 43.1 Å². The molecular formula is C11H17N3O. The second-order valence-corrected chi connectivity index (χ2v) is 3.41. The number of nitrogens with zero attached hydrogens (tertiary/aromatic N) is 2. The molecule has 4 nitrogen and oxygen atoms in total. The molecule has 0 aliphatic heterocycles. The lowest BCUT2D eigenvalue weighted by molar-refractivity contribution is 0.0947. The van der Waals surface area contributed by atoms with Gasteiger partial charge in [-0.2, -0.15) is 0 Å². The van der Waals surface area contributed by atoms with Gasteiger partial charge in [0.05, 0.1) is 6.20 Å². The van der Waals surface area contributed by atoms with Gasteiger partial charge in [-0.25, -0.2) is 4.98 Å². The predicted octanol–water partition coefficient (Wildman–Crippen LogP) is 1.79. The van der Waals surface area contributed by atoms with E-state index in [1.165, 1.54) is 25.2 Å². The molecule has 15 heavy (non-hydrogen) atoms. The highest BCUT2D eigenvalue weighted by atomic mass is 16.1. The first-order chi connectivity index (χ1) is 7.34. The highest BCUT2D eigenvalue weighted by molar-refractivity contribution is 5.91. The van der Waals surface area contributed by atoms with Crippen molar-refractivity contribution in [2.45, 2.75) is 32.6 Å². The van der Waals surface area contributed by atoms with Gasteiger partial charge in [0.1, 0.15) is 5.69 Å². The Kier molecular flexibility index (Phi) is 5.37. The zero-order valence-electron chi connectivity index (χ0n) is 9.07. The lowest BCUT2D eigenvalue weighted by Gasteiger charge is -2.03. The van der Waals surface area contributed by atoms with Crippen LogP contribution in [0.15, 0.2) is 18.6 Å². The molecule has 0 saturated heterocycles. The Morgan fingerprint density at radius 2 is 2.20 bits per heavy atom. The maximum Gasteiger partial charge on any atom is 0.271 e. The summed E-state index contributed by atoms with van der Waals surface area (Å²) >= 11 is 0. The summed E-state index contributed by atoms with van der Waals surface area (Å²) in [6, 6.07) is 0. The predicted molar refractivity (Wildman–Crippen MR) is 58.5 cm³/mol. The van der Waals surface area contributed by atoms with Gasteiger partial charge >= 0.3 is 0 Å². The van der Waals surface area contributed by atoms with Crippen LogP contribution < -0.4 is 5.32 Å². The van der Waals surface area contributed by atoms with E-state index >= 15 is 0 Å². The quantitative estimate of drug-likeness (QED) is 0.723. The van der Waals surface area contributed by atoms with Crippen LogP contribution in [0.5, 0.6) is 0 Å². The van der Waals surface area contributed by atoms with E-state index in [2.05, 4.69) is 22.2 Å². The van der Waals surface area contributed by atoms with Crippen LogP contribution in [0.2, 0.25) is 0 Å². The first kappa shape index (κ1) is 11.6. The minimum Gasteiger partial charge on any atom is -0.351 e. The van der Waals surface area contributed by atoms with Crippen molar-refractivity contribution in [3.63, 3.8) is 0 Å². The molecule has 0 spiro atoms. The zero-order valence-corrected chi connectivity index (χ0v) is 9.07. The van der Waals surface area contributed by atoms with Gasteiger partial charge in [-0.15, -0.1) is 0 Å². The second kappa shape index (κ2) is 6.92. The molecule has 4 heteroatoms. The molecule has 0 bridgehead atoms. The second-order valence-electron chi connectivity index (χ2n) is 3.41. The summed E-state index contributed by atoms with van der Waals surface area (Å²) in [6.07, 6.45) is 9.17. The number of aromatic nitrogens is 2. The summed E-state index contributed by atoms with van der Waals surface area (Å²) < 4.78 is 0. The number of carbonyl (C=O) groups excluding carboxylic acids is 1. The van der Waals surface area contributed by atoms with Crippen LogP contribution in [0.3, 0.4) is 0 Å². The third kappa shape index (κ3) is 4.54. The van der Waals surface area contributed by atoms with Gasteiger partial charge in [0, 0.05) is 18.9 Å². The lowest BCUT2D eigenvalue weighted by Crippen LogP contribution is -2.25. The molecule has 0 radical (unpaired) electrons. The average molecular weight is 207 g/mol. The summed E-state index contributed by atoms with van der Waals surface area (Å²) in [4.78, 5) is 19.2. The molecule has 82 valence electrons. The van der Waals surface area contributed by atoms with Crippen LogP contribution >= 0.6 is 0 Å². The minimum atomic E-state index is -0.139. The molecule has 0 unspecified atom stereocenters. The smallest absolute Gasteiger partial charge is 0.271 e. The Balaban J connectivity index is 2.20. The average Bonchev–Trinajstić information content (AvgIpc) is 2.30. The lowest BCUT2D eigenvalue weighted by atomic mass is 10.2. The van der Waals surface area contributed by atoms with Crippen molar-refractivity contribution in [3.05, 3.63) is 24.3 Å². The number of nitrogens with one attached hydrogen (secondary N) is 1. The van der Waals surface area contributed by atoms with Crippen molar-refractivity contribution in [2.24, 2.45) is 0 Å². The van der Waals surface area contributed by atoms with Crippen LogP contribution in [0.25, 0.3) is 0 Å². The van der Waals surface area contributed by atoms with E-state index in [1.807, 2.05) is 0 Å². The van der Waals surface area contributed by atoms with E-state index in [0.29, 0.717) is 5.69 Å². The van der Waals surface area contributed by atoms with Gasteiger partial charge in [-0.05, 0) is 6.42 Å². The molecule has 1 amide bonds. The van der Waals surface area contributed by atoms with Crippen LogP contribution in [-0.2, 0) is 0 Å². The summed E-state index contributed by atoms with van der Waals surface area (Å²) in [5.74, 6) is -0.139. The molecule has 0 atom stereocenters. The highest BCUT2D eigenvalue weighted by Gasteiger charge is 2.04. The molecule has 0 saturated carbocycles. The molecule has 1 N–H and O–H groups in total. The maximum absolute atomic E-state index is 11.5. The molecule has 0 aromatic carbocycles. The molecule has 1 heterocycles. The van der Waals surface area contributed by atoms with Crippen molar-refractivity contribution in [2.75, 3.05) is 6.54 Å². The fourth-order valence-corrected chi connectivity index (χ4v) is 1.26. The summed E-state index contributed by atoms with van der Waals surface area (Å²) in [5.41, 5.74) is 0.382. The van der Waals surface area contributed by atoms with E-state index < -0.39 is 0 Å². The molecule has 1 aromatic rings. The first-order valence-corrected chi connectivity index (χ1v) is 5.38. The van der Waals surface area contributed by atoms with Crippen LogP contribution in [0, 0.1) is 0 Å². The van der Waals surface area contributed by atoms with E-state index in [9.17, 15) is 4.79 Å². The van der Waals surface area contributed by atoms with Crippen molar-refractivity contribution in [1.82, 2.24) is 15.3 Å². The Morgan fingerprint density at radius 3 is 2.87 bits per heavy atom. The maximum atomic E-state index is 11.5. The standard InChI is InChI=1S/C11H17N3O/c1-2-3-4-5-6-14-11(15)10-9-12-7-8-13-10/h7-9H,2-6H2,1H3,(H,14,15). The largest absolute Gasteiger partial charge is 0.351 e. The van der Waals surface area contributed by atoms with Crippen LogP contribution in [0.4, 0.5) is 0 Å². The molecular weight excluding hydrogens is 190 g/mol. The highest BCUT2D eigenvalue weighted by Crippen LogP contribution is 1.97. The SMILES string of the molecule is CCCCCCNC(=O)c1cnccn1. The molecule has 1 rings (SSSR count).